The van der Waals surface area contributed by atoms with Crippen LogP contribution in [-0.2, 0) is 0 Å². The van der Waals surface area contributed by atoms with Crippen LogP contribution >= 0.6 is 0 Å². The smallest absolute Gasteiger partial charge is 0.219 e. The van der Waals surface area contributed by atoms with E-state index in [0.717, 1.165) is 35.3 Å². The van der Waals surface area contributed by atoms with Crippen molar-refractivity contribution in [3.05, 3.63) is 53.2 Å². The van der Waals surface area contributed by atoms with Gasteiger partial charge in [0.05, 0.1) is 6.04 Å². The molecule has 1 heterocycles. The molecule has 0 spiro atoms. The van der Waals surface area contributed by atoms with Crippen LogP contribution < -0.4 is 10.2 Å². The fraction of sp³-hybridized carbons (Fsp3) is 0.333. The van der Waals surface area contributed by atoms with Crippen LogP contribution in [0.4, 0.5) is 0 Å². The Morgan fingerprint density at radius 1 is 1.22 bits per heavy atom. The van der Waals surface area contributed by atoms with Crippen molar-refractivity contribution in [2.75, 3.05) is 0 Å². The molecular weight excluding hydrogens is 290 g/mol. The van der Waals surface area contributed by atoms with Gasteiger partial charge in [-0.3, -0.25) is 15.7 Å². The van der Waals surface area contributed by atoms with Crippen molar-refractivity contribution in [2.24, 2.45) is 4.99 Å². The molecule has 5 heteroatoms. The van der Waals surface area contributed by atoms with Gasteiger partial charge >= 0.3 is 0 Å². The first-order valence-electron chi connectivity index (χ1n) is 7.84. The molecule has 1 aromatic carbocycles. The summed E-state index contributed by atoms with van der Waals surface area (Å²) in [6.45, 7) is 4.07. The largest absolute Gasteiger partial charge is 0.439 e. The topological polar surface area (TPSA) is 66.7 Å². The summed E-state index contributed by atoms with van der Waals surface area (Å²) in [6, 6.07) is 9.96. The monoisotopic (exact) mass is 311 g/mol. The summed E-state index contributed by atoms with van der Waals surface area (Å²) in [5.74, 6) is 1.74. The second-order valence-corrected chi connectivity index (χ2v) is 5.98. The Morgan fingerprint density at radius 2 is 1.96 bits per heavy atom. The number of hydrogen-bond donors (Lipinski definition) is 2. The van der Waals surface area contributed by atoms with Crippen LogP contribution in [0.2, 0.25) is 0 Å². The third-order valence-corrected chi connectivity index (χ3v) is 3.92. The van der Waals surface area contributed by atoms with Crippen molar-refractivity contribution in [1.29, 1.82) is 0 Å². The van der Waals surface area contributed by atoms with Gasteiger partial charge in [0.15, 0.2) is 5.84 Å². The van der Waals surface area contributed by atoms with Crippen molar-refractivity contribution >= 4 is 5.84 Å². The van der Waals surface area contributed by atoms with Crippen LogP contribution in [0.15, 0.2) is 41.5 Å². The van der Waals surface area contributed by atoms with E-state index in [9.17, 15) is 5.21 Å². The van der Waals surface area contributed by atoms with E-state index in [-0.39, 0.29) is 0 Å². The Morgan fingerprint density at radius 3 is 2.48 bits per heavy atom. The molecule has 23 heavy (non-hydrogen) atoms. The zero-order valence-electron chi connectivity index (χ0n) is 13.4. The Hall–Kier alpha value is -2.40. The van der Waals surface area contributed by atoms with Crippen molar-refractivity contribution in [3.63, 3.8) is 0 Å². The number of amidine groups is 1. The number of hydrogen-bond acceptors (Lipinski definition) is 4. The molecule has 0 atom stereocenters. The summed E-state index contributed by atoms with van der Waals surface area (Å²) >= 11 is 0. The van der Waals surface area contributed by atoms with Crippen LogP contribution in [0.5, 0.6) is 11.6 Å². The third kappa shape index (κ3) is 3.87. The first-order chi connectivity index (χ1) is 11.1. The lowest BCUT2D eigenvalue weighted by molar-refractivity contribution is 0.233. The molecule has 120 valence electrons. The molecule has 1 aliphatic carbocycles. The zero-order valence-corrected chi connectivity index (χ0v) is 13.4. The molecule has 3 rings (SSSR count). The SMILES string of the molecule is Cc1cc(C)cc(Oc2ccc(C(=NC3CCC3)NO)cn2)c1. The standard InChI is InChI=1S/C18H21N3O2/c1-12-8-13(2)10-16(9-12)23-17-7-6-14(11-19-17)18(21-22)20-15-4-3-5-15/h6-11,15,22H,3-5H2,1-2H3,(H,20,21). The molecular formula is C18H21N3O2. The molecule has 0 unspecified atom stereocenters. The molecule has 2 aromatic rings. The first-order valence-corrected chi connectivity index (χ1v) is 7.84. The van der Waals surface area contributed by atoms with Crippen molar-refractivity contribution in [1.82, 2.24) is 10.5 Å². The highest BCUT2D eigenvalue weighted by Gasteiger charge is 2.17. The Labute approximate surface area is 136 Å². The number of nitrogens with zero attached hydrogens (tertiary/aromatic N) is 2. The van der Waals surface area contributed by atoms with Crippen LogP contribution in [0.25, 0.3) is 0 Å². The lowest BCUT2D eigenvalue weighted by Crippen LogP contribution is -2.26. The van der Waals surface area contributed by atoms with E-state index < -0.39 is 0 Å². The fourth-order valence-electron chi connectivity index (χ4n) is 2.56. The second kappa shape index (κ2) is 6.79. The second-order valence-electron chi connectivity index (χ2n) is 5.98. The number of aromatic nitrogens is 1. The molecule has 1 saturated carbocycles. The van der Waals surface area contributed by atoms with Crippen molar-refractivity contribution in [2.45, 2.75) is 39.2 Å². The average Bonchev–Trinajstić information content (AvgIpc) is 2.46. The molecule has 2 N–H and O–H groups in total. The van der Waals surface area contributed by atoms with Gasteiger partial charge in [-0.1, -0.05) is 6.07 Å². The molecule has 1 aliphatic rings. The van der Waals surface area contributed by atoms with Gasteiger partial charge in [-0.05, 0) is 62.4 Å². The van der Waals surface area contributed by atoms with E-state index in [1.807, 2.05) is 32.0 Å². The van der Waals surface area contributed by atoms with Crippen LogP contribution in [0.1, 0.15) is 36.0 Å². The minimum absolute atomic E-state index is 0.302. The Kier molecular flexibility index (Phi) is 4.57. The van der Waals surface area contributed by atoms with Crippen LogP contribution in [0.3, 0.4) is 0 Å². The van der Waals surface area contributed by atoms with Crippen LogP contribution in [0, 0.1) is 13.8 Å². The number of rotatable bonds is 4. The highest BCUT2D eigenvalue weighted by Crippen LogP contribution is 2.24. The lowest BCUT2D eigenvalue weighted by atomic mass is 9.94. The van der Waals surface area contributed by atoms with Gasteiger partial charge in [0.25, 0.3) is 0 Å². The summed E-state index contributed by atoms with van der Waals surface area (Å²) in [4.78, 5) is 8.78. The number of nitrogens with one attached hydrogen (secondary N) is 1. The third-order valence-electron chi connectivity index (χ3n) is 3.92. The van der Waals surface area contributed by atoms with Crippen molar-refractivity contribution in [3.8, 4) is 11.6 Å². The van der Waals surface area contributed by atoms with Gasteiger partial charge in [-0.2, -0.15) is 0 Å². The summed E-state index contributed by atoms with van der Waals surface area (Å²) in [5, 5.41) is 9.27. The Bertz CT molecular complexity index is 686. The van der Waals surface area contributed by atoms with Gasteiger partial charge in [0.1, 0.15) is 5.75 Å². The normalized spacial score (nSPS) is 15.2. The quantitative estimate of drug-likeness (QED) is 0.512. The van der Waals surface area contributed by atoms with E-state index in [0.29, 0.717) is 17.8 Å². The summed E-state index contributed by atoms with van der Waals surface area (Å²) < 4.78 is 5.79. The maximum Gasteiger partial charge on any atom is 0.219 e. The highest BCUT2D eigenvalue weighted by atomic mass is 16.5. The number of aliphatic imine (C=N–C) groups is 1. The van der Waals surface area contributed by atoms with E-state index >= 15 is 0 Å². The fourth-order valence-corrected chi connectivity index (χ4v) is 2.56. The summed E-state index contributed by atoms with van der Waals surface area (Å²) in [7, 11) is 0. The molecule has 1 aromatic heterocycles. The van der Waals surface area contributed by atoms with Gasteiger partial charge in [0, 0.05) is 17.8 Å². The minimum atomic E-state index is 0.302. The first kappa shape index (κ1) is 15.5. The predicted molar refractivity (Wildman–Crippen MR) is 89.3 cm³/mol. The maximum atomic E-state index is 9.27. The Balaban J connectivity index is 1.74. The molecule has 0 radical (unpaired) electrons. The summed E-state index contributed by atoms with van der Waals surface area (Å²) in [5.41, 5.74) is 5.21. The molecule has 0 bridgehead atoms. The number of aryl methyl sites for hydroxylation is 2. The summed E-state index contributed by atoms with van der Waals surface area (Å²) in [6.07, 6.45) is 5.01. The van der Waals surface area contributed by atoms with Gasteiger partial charge in [-0.15, -0.1) is 0 Å². The molecule has 0 saturated heterocycles. The minimum Gasteiger partial charge on any atom is -0.439 e. The average molecular weight is 311 g/mol. The molecule has 5 nitrogen and oxygen atoms in total. The van der Waals surface area contributed by atoms with Crippen molar-refractivity contribution < 1.29 is 9.94 Å². The van der Waals surface area contributed by atoms with Gasteiger partial charge < -0.3 is 4.74 Å². The van der Waals surface area contributed by atoms with Gasteiger partial charge in [0.2, 0.25) is 5.88 Å². The number of ether oxygens (including phenoxy) is 1. The van der Waals surface area contributed by atoms with E-state index in [2.05, 4.69) is 21.5 Å². The number of benzene rings is 1. The maximum absolute atomic E-state index is 9.27. The van der Waals surface area contributed by atoms with E-state index in [1.54, 1.807) is 12.3 Å². The van der Waals surface area contributed by atoms with Crippen LogP contribution in [-0.4, -0.2) is 22.1 Å². The molecule has 0 amide bonds. The van der Waals surface area contributed by atoms with E-state index in [1.165, 1.54) is 6.42 Å². The lowest BCUT2D eigenvalue weighted by Gasteiger charge is -2.22. The van der Waals surface area contributed by atoms with E-state index in [4.69, 9.17) is 4.74 Å². The molecule has 1 fully saturated rings. The van der Waals surface area contributed by atoms with Gasteiger partial charge in [-0.25, -0.2) is 4.98 Å². The highest BCUT2D eigenvalue weighted by molar-refractivity contribution is 5.97. The molecule has 0 aliphatic heterocycles. The zero-order chi connectivity index (χ0) is 16.2. The predicted octanol–water partition coefficient (Wildman–Crippen LogP) is 3.77. The number of pyridine rings is 1. The number of hydroxylamine groups is 1.